The van der Waals surface area contributed by atoms with Crippen molar-refractivity contribution in [1.82, 2.24) is 0 Å². The lowest BCUT2D eigenvalue weighted by molar-refractivity contribution is 0.253. The molecule has 1 aromatic rings. The first-order chi connectivity index (χ1) is 10.1. The van der Waals surface area contributed by atoms with E-state index in [0.717, 1.165) is 5.56 Å². The first-order valence-electron chi connectivity index (χ1n) is 6.28. The Labute approximate surface area is 125 Å². The van der Waals surface area contributed by atoms with Gasteiger partial charge in [0, 0.05) is 5.56 Å². The molecule has 1 N–H and O–H groups in total. The summed E-state index contributed by atoms with van der Waals surface area (Å²) in [7, 11) is 4.66. The molecule has 1 rings (SSSR count). The van der Waals surface area contributed by atoms with Crippen LogP contribution in [0.5, 0.6) is 17.2 Å². The van der Waals surface area contributed by atoms with Gasteiger partial charge < -0.3 is 19.3 Å². The van der Waals surface area contributed by atoms with E-state index < -0.39 is 6.10 Å². The summed E-state index contributed by atoms with van der Waals surface area (Å²) in [4.78, 5) is 0. The largest absolute Gasteiger partial charge is 0.493 e. The fourth-order valence-electron chi connectivity index (χ4n) is 1.53. The molecule has 0 saturated heterocycles. The molecule has 0 fully saturated rings. The number of hydrogen-bond donors (Lipinski definition) is 1. The minimum Gasteiger partial charge on any atom is -0.493 e. The Bertz CT molecular complexity index is 597. The van der Waals surface area contributed by atoms with Crippen LogP contribution in [0.3, 0.4) is 0 Å². The minimum absolute atomic E-state index is 0.531. The van der Waals surface area contributed by atoms with Crippen molar-refractivity contribution >= 4 is 0 Å². The molecule has 0 unspecified atom stereocenters. The predicted octanol–water partition coefficient (Wildman–Crippen LogP) is 2.00. The number of allylic oxidation sites excluding steroid dienone is 2. The van der Waals surface area contributed by atoms with Crippen LogP contribution in [0.1, 0.15) is 12.5 Å². The lowest BCUT2D eigenvalue weighted by Crippen LogP contribution is -1.95. The number of methoxy groups -OCH3 is 3. The molecule has 4 heteroatoms. The number of hydrogen-bond acceptors (Lipinski definition) is 4. The second-order valence-electron chi connectivity index (χ2n) is 3.98. The van der Waals surface area contributed by atoms with E-state index in [1.807, 2.05) is 0 Å². The number of rotatable bonds is 3. The highest BCUT2D eigenvalue weighted by atomic mass is 16.5. The molecule has 1 atom stereocenters. The molecular formula is C17H18O4. The van der Waals surface area contributed by atoms with Crippen molar-refractivity contribution in [3.8, 4) is 40.9 Å². The van der Waals surface area contributed by atoms with Gasteiger partial charge >= 0.3 is 0 Å². The average Bonchev–Trinajstić information content (AvgIpc) is 2.49. The van der Waals surface area contributed by atoms with E-state index in [1.54, 1.807) is 52.5 Å². The summed E-state index contributed by atoms with van der Waals surface area (Å²) in [6, 6.07) is 3.54. The molecule has 0 bridgehead atoms. The molecule has 0 aliphatic rings. The van der Waals surface area contributed by atoms with E-state index in [2.05, 4.69) is 23.7 Å². The molecule has 110 valence electrons. The van der Waals surface area contributed by atoms with Crippen LogP contribution in [0.4, 0.5) is 0 Å². The van der Waals surface area contributed by atoms with Crippen LogP contribution < -0.4 is 14.2 Å². The topological polar surface area (TPSA) is 47.9 Å². The Kier molecular flexibility index (Phi) is 6.74. The van der Waals surface area contributed by atoms with E-state index in [4.69, 9.17) is 19.3 Å². The van der Waals surface area contributed by atoms with Crippen molar-refractivity contribution in [1.29, 1.82) is 0 Å². The van der Waals surface area contributed by atoms with E-state index >= 15 is 0 Å². The minimum atomic E-state index is -0.641. The summed E-state index contributed by atoms with van der Waals surface area (Å²) in [5, 5.41) is 8.97. The third-order valence-corrected chi connectivity index (χ3v) is 2.42. The van der Waals surface area contributed by atoms with Crippen LogP contribution in [0, 0.1) is 23.7 Å². The van der Waals surface area contributed by atoms with Crippen molar-refractivity contribution in [2.24, 2.45) is 0 Å². The summed E-state index contributed by atoms with van der Waals surface area (Å²) < 4.78 is 15.7. The van der Waals surface area contributed by atoms with Gasteiger partial charge in [-0.05, 0) is 31.2 Å². The summed E-state index contributed by atoms with van der Waals surface area (Å²) in [5.74, 6) is 12.7. The zero-order valence-electron chi connectivity index (χ0n) is 12.6. The van der Waals surface area contributed by atoms with Crippen molar-refractivity contribution in [2.45, 2.75) is 13.0 Å². The van der Waals surface area contributed by atoms with Crippen molar-refractivity contribution in [3.05, 3.63) is 29.8 Å². The van der Waals surface area contributed by atoms with Crippen molar-refractivity contribution in [3.63, 3.8) is 0 Å². The fraction of sp³-hybridized carbons (Fsp3) is 0.294. The van der Waals surface area contributed by atoms with Crippen LogP contribution >= 0.6 is 0 Å². The Morgan fingerprint density at radius 3 is 2.05 bits per heavy atom. The maximum absolute atomic E-state index is 8.97. The van der Waals surface area contributed by atoms with Gasteiger partial charge in [-0.3, -0.25) is 0 Å². The number of aliphatic hydroxyl groups excluding tert-OH is 1. The molecule has 0 spiro atoms. The van der Waals surface area contributed by atoms with Gasteiger partial charge in [0.25, 0.3) is 0 Å². The van der Waals surface area contributed by atoms with E-state index in [9.17, 15) is 0 Å². The normalized spacial score (nSPS) is 10.9. The summed E-state index contributed by atoms with van der Waals surface area (Å²) in [5.41, 5.74) is 0.734. The third-order valence-electron chi connectivity index (χ3n) is 2.42. The fourth-order valence-corrected chi connectivity index (χ4v) is 1.53. The highest BCUT2D eigenvalue weighted by Gasteiger charge is 2.11. The Balaban J connectivity index is 2.98. The highest BCUT2D eigenvalue weighted by Crippen LogP contribution is 2.37. The number of benzene rings is 1. The monoisotopic (exact) mass is 286 g/mol. The van der Waals surface area contributed by atoms with E-state index in [0.29, 0.717) is 17.2 Å². The third kappa shape index (κ3) is 5.14. The first kappa shape index (κ1) is 16.5. The Hall–Kier alpha value is -2.56. The summed E-state index contributed by atoms with van der Waals surface area (Å²) >= 11 is 0. The SMILES string of the molecule is COc1cc(C#C/C=C/C#C[C@H](C)O)cc(OC)c1OC. The summed E-state index contributed by atoms with van der Waals surface area (Å²) in [6.45, 7) is 1.60. The zero-order chi connectivity index (χ0) is 15.7. The van der Waals surface area contributed by atoms with Gasteiger partial charge in [0.05, 0.1) is 21.3 Å². The number of ether oxygens (including phenoxy) is 3. The van der Waals surface area contributed by atoms with Crippen LogP contribution in [-0.2, 0) is 0 Å². The molecule has 21 heavy (non-hydrogen) atoms. The quantitative estimate of drug-likeness (QED) is 0.864. The molecule has 1 aromatic carbocycles. The number of aliphatic hydroxyl groups is 1. The van der Waals surface area contributed by atoms with Gasteiger partial charge in [0.2, 0.25) is 5.75 Å². The van der Waals surface area contributed by atoms with Gasteiger partial charge in [0.1, 0.15) is 6.10 Å². The average molecular weight is 286 g/mol. The Morgan fingerprint density at radius 1 is 1.00 bits per heavy atom. The van der Waals surface area contributed by atoms with Crippen LogP contribution in [0.15, 0.2) is 24.3 Å². The maximum Gasteiger partial charge on any atom is 0.203 e. The highest BCUT2D eigenvalue weighted by molar-refractivity contribution is 5.57. The molecule has 0 aliphatic carbocycles. The van der Waals surface area contributed by atoms with Crippen molar-refractivity contribution < 1.29 is 19.3 Å². The molecule has 4 nitrogen and oxygen atoms in total. The van der Waals surface area contributed by atoms with Crippen LogP contribution in [-0.4, -0.2) is 32.5 Å². The second kappa shape index (κ2) is 8.58. The van der Waals surface area contributed by atoms with Gasteiger partial charge in [-0.2, -0.15) is 0 Å². The maximum atomic E-state index is 8.97. The van der Waals surface area contributed by atoms with Gasteiger partial charge in [-0.1, -0.05) is 23.7 Å². The van der Waals surface area contributed by atoms with E-state index in [-0.39, 0.29) is 0 Å². The Morgan fingerprint density at radius 2 is 1.57 bits per heavy atom. The standard InChI is InChI=1S/C17H18O4/c1-13(18)9-7-5-6-8-10-14-11-15(19-2)17(21-4)16(12-14)20-3/h5-6,11-13,18H,1-4H3/b6-5+/t13-/m0/s1. The lowest BCUT2D eigenvalue weighted by Gasteiger charge is -2.12. The first-order valence-corrected chi connectivity index (χ1v) is 6.28. The molecule has 0 radical (unpaired) electrons. The molecule has 0 heterocycles. The molecule has 0 aliphatic heterocycles. The summed E-state index contributed by atoms with van der Waals surface area (Å²) in [6.07, 6.45) is 2.55. The molecule has 0 aromatic heterocycles. The van der Waals surface area contributed by atoms with Gasteiger partial charge in [-0.15, -0.1) is 0 Å². The van der Waals surface area contributed by atoms with E-state index in [1.165, 1.54) is 0 Å². The lowest BCUT2D eigenvalue weighted by atomic mass is 10.2. The molecular weight excluding hydrogens is 268 g/mol. The van der Waals surface area contributed by atoms with Gasteiger partial charge in [-0.25, -0.2) is 0 Å². The van der Waals surface area contributed by atoms with Crippen LogP contribution in [0.25, 0.3) is 0 Å². The van der Waals surface area contributed by atoms with Crippen molar-refractivity contribution in [2.75, 3.05) is 21.3 Å². The van der Waals surface area contributed by atoms with Crippen LogP contribution in [0.2, 0.25) is 0 Å². The molecule has 0 saturated carbocycles. The molecule has 0 amide bonds. The smallest absolute Gasteiger partial charge is 0.203 e. The predicted molar refractivity (Wildman–Crippen MR) is 81.6 cm³/mol. The second-order valence-corrected chi connectivity index (χ2v) is 3.98. The zero-order valence-corrected chi connectivity index (χ0v) is 12.6. The van der Waals surface area contributed by atoms with Gasteiger partial charge in [0.15, 0.2) is 11.5 Å².